The van der Waals surface area contributed by atoms with E-state index in [1.54, 1.807) is 0 Å². The molecule has 1 aromatic rings. The first-order chi connectivity index (χ1) is 5.79. The van der Waals surface area contributed by atoms with Crippen LogP contribution < -0.4 is 0 Å². The number of aromatic nitrogens is 1. The quantitative estimate of drug-likeness (QED) is 0.593. The minimum Gasteiger partial charge on any atom is -0.351 e. The molecule has 0 amide bonds. The van der Waals surface area contributed by atoms with E-state index in [-0.39, 0.29) is 0 Å². The van der Waals surface area contributed by atoms with Gasteiger partial charge in [-0.1, -0.05) is 17.7 Å². The molecule has 0 spiro atoms. The fraction of sp³-hybridized carbons (Fsp3) is 0.273. The van der Waals surface area contributed by atoms with E-state index in [1.165, 1.54) is 16.8 Å². The van der Waals surface area contributed by atoms with Gasteiger partial charge in [0.15, 0.2) is 0 Å². The standard InChI is InChI=1S/C11H13N/c1-9-5-3-6-10(9)11-7-4-8-12(11)2/h3-4,6-8H,5H2,1-2H3. The van der Waals surface area contributed by atoms with Crippen LogP contribution in [0.4, 0.5) is 0 Å². The molecule has 1 aromatic heterocycles. The molecule has 1 heterocycles. The van der Waals surface area contributed by atoms with Gasteiger partial charge in [0.2, 0.25) is 0 Å². The predicted octanol–water partition coefficient (Wildman–Crippen LogP) is 2.76. The Morgan fingerprint density at radius 3 is 2.75 bits per heavy atom. The lowest BCUT2D eigenvalue weighted by Gasteiger charge is -2.03. The summed E-state index contributed by atoms with van der Waals surface area (Å²) in [6, 6.07) is 4.25. The minimum absolute atomic E-state index is 1.11. The second-order valence-electron chi connectivity index (χ2n) is 3.30. The van der Waals surface area contributed by atoms with E-state index >= 15 is 0 Å². The maximum Gasteiger partial charge on any atom is 0.0477 e. The second kappa shape index (κ2) is 2.67. The Morgan fingerprint density at radius 2 is 2.25 bits per heavy atom. The molecule has 2 rings (SSSR count). The lowest BCUT2D eigenvalue weighted by Crippen LogP contribution is -1.92. The van der Waals surface area contributed by atoms with E-state index < -0.39 is 0 Å². The Kier molecular flexibility index (Phi) is 1.65. The van der Waals surface area contributed by atoms with Crippen molar-refractivity contribution in [2.75, 3.05) is 0 Å². The predicted molar refractivity (Wildman–Crippen MR) is 51.8 cm³/mol. The third-order valence-corrected chi connectivity index (χ3v) is 2.39. The molecule has 62 valence electrons. The van der Waals surface area contributed by atoms with Gasteiger partial charge in [0, 0.05) is 18.9 Å². The van der Waals surface area contributed by atoms with Crippen LogP contribution in [0.15, 0.2) is 36.1 Å². The lowest BCUT2D eigenvalue weighted by atomic mass is 10.1. The number of nitrogens with zero attached hydrogens (tertiary/aromatic N) is 1. The summed E-state index contributed by atoms with van der Waals surface area (Å²) in [5.74, 6) is 0. The first-order valence-corrected chi connectivity index (χ1v) is 4.27. The van der Waals surface area contributed by atoms with Crippen LogP contribution in [0.5, 0.6) is 0 Å². The Labute approximate surface area is 73.0 Å². The molecule has 0 bridgehead atoms. The molecule has 0 atom stereocenters. The van der Waals surface area contributed by atoms with E-state index in [4.69, 9.17) is 0 Å². The zero-order valence-electron chi connectivity index (χ0n) is 7.54. The number of hydrogen-bond acceptors (Lipinski definition) is 0. The highest BCUT2D eigenvalue weighted by Gasteiger charge is 2.08. The van der Waals surface area contributed by atoms with Gasteiger partial charge in [-0.2, -0.15) is 0 Å². The summed E-state index contributed by atoms with van der Waals surface area (Å²) in [5, 5.41) is 0. The molecule has 0 aromatic carbocycles. The maximum absolute atomic E-state index is 2.22. The molecule has 0 aliphatic heterocycles. The zero-order chi connectivity index (χ0) is 8.55. The van der Waals surface area contributed by atoms with Crippen molar-refractivity contribution in [3.05, 3.63) is 41.7 Å². The second-order valence-corrected chi connectivity index (χ2v) is 3.30. The van der Waals surface area contributed by atoms with Gasteiger partial charge in [-0.15, -0.1) is 0 Å². The van der Waals surface area contributed by atoms with E-state index in [0.29, 0.717) is 0 Å². The van der Waals surface area contributed by atoms with Crippen LogP contribution >= 0.6 is 0 Å². The van der Waals surface area contributed by atoms with Crippen molar-refractivity contribution < 1.29 is 0 Å². The largest absolute Gasteiger partial charge is 0.351 e. The van der Waals surface area contributed by atoms with Crippen LogP contribution in [-0.2, 0) is 7.05 Å². The molecule has 1 aliphatic rings. The van der Waals surface area contributed by atoms with Crippen molar-refractivity contribution in [2.45, 2.75) is 13.3 Å². The fourth-order valence-corrected chi connectivity index (χ4v) is 1.65. The summed E-state index contributed by atoms with van der Waals surface area (Å²) >= 11 is 0. The Morgan fingerprint density at radius 1 is 1.42 bits per heavy atom. The number of hydrogen-bond donors (Lipinski definition) is 0. The molecular weight excluding hydrogens is 146 g/mol. The van der Waals surface area contributed by atoms with Crippen molar-refractivity contribution in [3.8, 4) is 0 Å². The molecule has 0 N–H and O–H groups in total. The van der Waals surface area contributed by atoms with Crippen LogP contribution in [0.1, 0.15) is 19.0 Å². The van der Waals surface area contributed by atoms with Gasteiger partial charge in [-0.25, -0.2) is 0 Å². The topological polar surface area (TPSA) is 4.93 Å². The van der Waals surface area contributed by atoms with Crippen LogP contribution in [0.2, 0.25) is 0 Å². The van der Waals surface area contributed by atoms with E-state index in [9.17, 15) is 0 Å². The Hall–Kier alpha value is -1.24. The first-order valence-electron chi connectivity index (χ1n) is 4.27. The van der Waals surface area contributed by atoms with Gasteiger partial charge in [0.25, 0.3) is 0 Å². The molecule has 0 fully saturated rings. The van der Waals surface area contributed by atoms with E-state index in [1.807, 2.05) is 0 Å². The number of allylic oxidation sites excluding steroid dienone is 4. The van der Waals surface area contributed by atoms with Crippen molar-refractivity contribution in [3.63, 3.8) is 0 Å². The van der Waals surface area contributed by atoms with Crippen LogP contribution in [-0.4, -0.2) is 4.57 Å². The van der Waals surface area contributed by atoms with E-state index in [2.05, 4.69) is 49.0 Å². The molecular formula is C11H13N. The highest BCUT2D eigenvalue weighted by molar-refractivity contribution is 5.77. The minimum atomic E-state index is 1.11. The molecule has 12 heavy (non-hydrogen) atoms. The van der Waals surface area contributed by atoms with Crippen molar-refractivity contribution in [1.29, 1.82) is 0 Å². The molecule has 0 saturated carbocycles. The summed E-state index contributed by atoms with van der Waals surface area (Å²) < 4.78 is 2.16. The summed E-state index contributed by atoms with van der Waals surface area (Å²) in [4.78, 5) is 0. The van der Waals surface area contributed by atoms with Crippen molar-refractivity contribution in [2.24, 2.45) is 7.05 Å². The van der Waals surface area contributed by atoms with E-state index in [0.717, 1.165) is 6.42 Å². The van der Waals surface area contributed by atoms with Crippen LogP contribution in [0.3, 0.4) is 0 Å². The first kappa shape index (κ1) is 7.41. The average Bonchev–Trinajstić information content (AvgIpc) is 2.59. The van der Waals surface area contributed by atoms with Gasteiger partial charge in [-0.3, -0.25) is 0 Å². The lowest BCUT2D eigenvalue weighted by molar-refractivity contribution is 0.909. The van der Waals surface area contributed by atoms with Gasteiger partial charge >= 0.3 is 0 Å². The molecule has 1 heteroatoms. The smallest absolute Gasteiger partial charge is 0.0477 e. The summed E-state index contributed by atoms with van der Waals surface area (Å²) in [7, 11) is 2.09. The normalized spacial score (nSPS) is 16.2. The summed E-state index contributed by atoms with van der Waals surface area (Å²) in [6.45, 7) is 2.20. The third-order valence-electron chi connectivity index (χ3n) is 2.39. The summed E-state index contributed by atoms with van der Waals surface area (Å²) in [5.41, 5.74) is 4.18. The summed E-state index contributed by atoms with van der Waals surface area (Å²) in [6.07, 6.45) is 7.63. The van der Waals surface area contributed by atoms with Crippen molar-refractivity contribution in [1.82, 2.24) is 4.57 Å². The fourth-order valence-electron chi connectivity index (χ4n) is 1.65. The molecule has 1 aliphatic carbocycles. The number of rotatable bonds is 1. The van der Waals surface area contributed by atoms with Gasteiger partial charge in [-0.05, 0) is 31.1 Å². The maximum atomic E-state index is 2.22. The van der Waals surface area contributed by atoms with Gasteiger partial charge in [0.1, 0.15) is 0 Å². The molecule has 0 unspecified atom stereocenters. The van der Waals surface area contributed by atoms with Crippen LogP contribution in [0, 0.1) is 0 Å². The monoisotopic (exact) mass is 159 g/mol. The molecule has 0 saturated heterocycles. The highest BCUT2D eigenvalue weighted by Crippen LogP contribution is 2.27. The zero-order valence-corrected chi connectivity index (χ0v) is 7.54. The van der Waals surface area contributed by atoms with Crippen LogP contribution in [0.25, 0.3) is 5.57 Å². The highest BCUT2D eigenvalue weighted by atomic mass is 14.9. The SMILES string of the molecule is CC1=C(c2cccn2C)C=CC1. The number of aryl methyl sites for hydroxylation is 1. The Bertz CT molecular complexity index is 353. The molecule has 0 radical (unpaired) electrons. The van der Waals surface area contributed by atoms with Gasteiger partial charge in [0.05, 0.1) is 0 Å². The van der Waals surface area contributed by atoms with Crippen molar-refractivity contribution >= 4 is 5.57 Å². The van der Waals surface area contributed by atoms with Gasteiger partial charge < -0.3 is 4.57 Å². The Balaban J connectivity index is 2.49. The average molecular weight is 159 g/mol. The third kappa shape index (κ3) is 1.02. The molecule has 1 nitrogen and oxygen atoms in total.